The molecule has 0 aliphatic carbocycles. The van der Waals surface area contributed by atoms with Gasteiger partial charge in [-0.05, 0) is 17.2 Å². The van der Waals surface area contributed by atoms with E-state index in [1.54, 1.807) is 6.07 Å². The Morgan fingerprint density at radius 3 is 2.93 bits per heavy atom. The molecule has 0 unspecified atom stereocenters. The van der Waals surface area contributed by atoms with E-state index in [4.69, 9.17) is 5.11 Å². The zero-order valence-corrected chi connectivity index (χ0v) is 8.08. The molecule has 0 bridgehead atoms. The van der Waals surface area contributed by atoms with E-state index >= 15 is 0 Å². The molecule has 15 heavy (non-hydrogen) atoms. The highest BCUT2D eigenvalue weighted by Crippen LogP contribution is 2.33. The van der Waals surface area contributed by atoms with Crippen LogP contribution in [0.25, 0.3) is 5.57 Å². The number of anilines is 1. The molecule has 0 spiro atoms. The molecule has 1 aromatic carbocycles. The van der Waals surface area contributed by atoms with Gasteiger partial charge in [0.2, 0.25) is 5.91 Å². The molecule has 0 atom stereocenters. The number of carbonyl (C=O) groups is 1. The fourth-order valence-corrected chi connectivity index (χ4v) is 1.63. The van der Waals surface area contributed by atoms with E-state index in [1.165, 1.54) is 6.07 Å². The molecule has 0 radical (unpaired) electrons. The summed E-state index contributed by atoms with van der Waals surface area (Å²) in [6.07, 6.45) is 0.307. The zero-order chi connectivity index (χ0) is 11.0. The van der Waals surface area contributed by atoms with Crippen LogP contribution in [-0.4, -0.2) is 22.7 Å². The molecule has 78 valence electrons. The van der Waals surface area contributed by atoms with Crippen molar-refractivity contribution in [3.05, 3.63) is 29.8 Å². The van der Waals surface area contributed by atoms with Crippen molar-refractivity contribution in [2.75, 3.05) is 11.9 Å². The van der Waals surface area contributed by atoms with E-state index < -0.39 is 0 Å². The van der Waals surface area contributed by atoms with Gasteiger partial charge in [-0.25, -0.2) is 0 Å². The number of rotatable bonds is 2. The molecule has 1 heterocycles. The van der Waals surface area contributed by atoms with Crippen molar-refractivity contribution in [1.29, 1.82) is 0 Å². The zero-order valence-electron chi connectivity index (χ0n) is 8.08. The van der Waals surface area contributed by atoms with Gasteiger partial charge in [-0.3, -0.25) is 4.79 Å². The SMILES string of the molecule is C=C(CO)c1cc2c(cc1O)NC(=O)C2. The van der Waals surface area contributed by atoms with Gasteiger partial charge in [0.15, 0.2) is 0 Å². The first-order valence-electron chi connectivity index (χ1n) is 4.56. The van der Waals surface area contributed by atoms with Gasteiger partial charge < -0.3 is 15.5 Å². The molecule has 1 aliphatic rings. The van der Waals surface area contributed by atoms with Gasteiger partial charge >= 0.3 is 0 Å². The van der Waals surface area contributed by atoms with E-state index in [0.717, 1.165) is 5.56 Å². The number of phenolic OH excluding ortho intramolecular Hbond substituents is 1. The van der Waals surface area contributed by atoms with E-state index in [2.05, 4.69) is 11.9 Å². The molecule has 0 saturated carbocycles. The van der Waals surface area contributed by atoms with Crippen LogP contribution in [0.3, 0.4) is 0 Å². The Morgan fingerprint density at radius 1 is 1.53 bits per heavy atom. The molecule has 0 saturated heterocycles. The van der Waals surface area contributed by atoms with Crippen LogP contribution in [0.1, 0.15) is 11.1 Å². The van der Waals surface area contributed by atoms with Crippen LogP contribution in [0.15, 0.2) is 18.7 Å². The van der Waals surface area contributed by atoms with E-state index in [9.17, 15) is 9.90 Å². The van der Waals surface area contributed by atoms with Gasteiger partial charge in [0.05, 0.1) is 13.0 Å². The standard InChI is InChI=1S/C11H11NO3/c1-6(5-13)8-2-7-3-11(15)12-9(7)4-10(8)14/h2,4,13-14H,1,3,5H2,(H,12,15). The first-order chi connectivity index (χ1) is 7.11. The molecular formula is C11H11NO3. The molecule has 3 N–H and O–H groups in total. The van der Waals surface area contributed by atoms with Crippen LogP contribution in [0, 0.1) is 0 Å². The van der Waals surface area contributed by atoms with Gasteiger partial charge in [-0.15, -0.1) is 0 Å². The van der Waals surface area contributed by atoms with Gasteiger partial charge in [0.25, 0.3) is 0 Å². The minimum Gasteiger partial charge on any atom is -0.507 e. The molecule has 0 fully saturated rings. The van der Waals surface area contributed by atoms with Crippen LogP contribution in [-0.2, 0) is 11.2 Å². The molecule has 2 rings (SSSR count). The topological polar surface area (TPSA) is 69.6 Å². The monoisotopic (exact) mass is 205 g/mol. The lowest BCUT2D eigenvalue weighted by Crippen LogP contribution is -2.03. The predicted octanol–water partition coefficient (Wildman–Crippen LogP) is 0.892. The third-order valence-electron chi connectivity index (χ3n) is 2.42. The van der Waals surface area contributed by atoms with Crippen molar-refractivity contribution < 1.29 is 15.0 Å². The predicted molar refractivity (Wildman–Crippen MR) is 56.6 cm³/mol. The van der Waals surface area contributed by atoms with Crippen molar-refractivity contribution in [3.8, 4) is 5.75 Å². The maximum atomic E-state index is 11.1. The molecule has 4 nitrogen and oxygen atoms in total. The molecule has 1 amide bonds. The fourth-order valence-electron chi connectivity index (χ4n) is 1.63. The quantitative estimate of drug-likeness (QED) is 0.671. The van der Waals surface area contributed by atoms with Crippen molar-refractivity contribution in [2.24, 2.45) is 0 Å². The lowest BCUT2D eigenvalue weighted by atomic mass is 10.0. The normalized spacial score (nSPS) is 13.5. The Bertz CT molecular complexity index is 451. The lowest BCUT2D eigenvalue weighted by Gasteiger charge is -2.08. The van der Waals surface area contributed by atoms with Crippen molar-refractivity contribution >= 4 is 17.2 Å². The summed E-state index contributed by atoms with van der Waals surface area (Å²) in [5.41, 5.74) is 2.39. The van der Waals surface area contributed by atoms with Gasteiger partial charge in [-0.2, -0.15) is 0 Å². The summed E-state index contributed by atoms with van der Waals surface area (Å²) in [7, 11) is 0. The number of aliphatic hydroxyl groups excluding tert-OH is 1. The summed E-state index contributed by atoms with van der Waals surface area (Å²) in [5, 5.41) is 21.2. The first-order valence-corrected chi connectivity index (χ1v) is 4.56. The molecule has 0 aromatic heterocycles. The summed E-state index contributed by atoms with van der Waals surface area (Å²) in [6, 6.07) is 3.16. The van der Waals surface area contributed by atoms with Crippen molar-refractivity contribution in [2.45, 2.75) is 6.42 Å². The number of aliphatic hydroxyl groups is 1. The average Bonchev–Trinajstić information content (AvgIpc) is 2.55. The molecule has 4 heteroatoms. The smallest absolute Gasteiger partial charge is 0.228 e. The van der Waals surface area contributed by atoms with Crippen LogP contribution in [0.5, 0.6) is 5.75 Å². The second-order valence-corrected chi connectivity index (χ2v) is 3.51. The maximum Gasteiger partial charge on any atom is 0.228 e. The highest BCUT2D eigenvalue weighted by Gasteiger charge is 2.20. The van der Waals surface area contributed by atoms with E-state index in [-0.39, 0.29) is 18.3 Å². The summed E-state index contributed by atoms with van der Waals surface area (Å²) in [5.74, 6) is -0.0637. The van der Waals surface area contributed by atoms with Crippen LogP contribution in [0.4, 0.5) is 5.69 Å². The van der Waals surface area contributed by atoms with Gasteiger partial charge in [0, 0.05) is 17.3 Å². The Hall–Kier alpha value is -1.81. The minimum atomic E-state index is -0.215. The number of benzene rings is 1. The van der Waals surface area contributed by atoms with Crippen molar-refractivity contribution in [3.63, 3.8) is 0 Å². The number of hydrogen-bond donors (Lipinski definition) is 3. The first kappa shape index (κ1) is 9.73. The van der Waals surface area contributed by atoms with Gasteiger partial charge in [-0.1, -0.05) is 6.58 Å². The highest BCUT2D eigenvalue weighted by molar-refractivity contribution is 6.00. The number of fused-ring (bicyclic) bond motifs is 1. The molecule has 1 aliphatic heterocycles. The highest BCUT2D eigenvalue weighted by atomic mass is 16.3. The molecular weight excluding hydrogens is 194 g/mol. The average molecular weight is 205 g/mol. The Kier molecular flexibility index (Phi) is 2.21. The maximum absolute atomic E-state index is 11.1. The number of phenols is 1. The lowest BCUT2D eigenvalue weighted by molar-refractivity contribution is -0.115. The van der Waals surface area contributed by atoms with Crippen LogP contribution >= 0.6 is 0 Å². The number of amides is 1. The minimum absolute atomic E-state index is 0.0231. The second kappa shape index (κ2) is 3.40. The summed E-state index contributed by atoms with van der Waals surface area (Å²) < 4.78 is 0. The number of carbonyl (C=O) groups excluding carboxylic acids is 1. The third-order valence-corrected chi connectivity index (χ3v) is 2.42. The second-order valence-electron chi connectivity index (χ2n) is 3.51. The Balaban J connectivity index is 2.48. The fraction of sp³-hybridized carbons (Fsp3) is 0.182. The van der Waals surface area contributed by atoms with Crippen molar-refractivity contribution in [1.82, 2.24) is 0 Å². The largest absolute Gasteiger partial charge is 0.507 e. The Morgan fingerprint density at radius 2 is 2.27 bits per heavy atom. The summed E-state index contributed by atoms with van der Waals surface area (Å²) in [6.45, 7) is 3.42. The van der Waals surface area contributed by atoms with Crippen LogP contribution < -0.4 is 5.32 Å². The van der Waals surface area contributed by atoms with E-state index in [1.807, 2.05) is 0 Å². The number of nitrogens with one attached hydrogen (secondary N) is 1. The number of hydrogen-bond acceptors (Lipinski definition) is 3. The van der Waals surface area contributed by atoms with Crippen LogP contribution in [0.2, 0.25) is 0 Å². The van der Waals surface area contributed by atoms with E-state index in [0.29, 0.717) is 23.2 Å². The summed E-state index contributed by atoms with van der Waals surface area (Å²) in [4.78, 5) is 11.1. The third kappa shape index (κ3) is 1.59. The number of aromatic hydroxyl groups is 1. The van der Waals surface area contributed by atoms with Gasteiger partial charge in [0.1, 0.15) is 5.75 Å². The molecule has 1 aromatic rings. The Labute approximate surface area is 86.9 Å². The summed E-state index contributed by atoms with van der Waals surface area (Å²) >= 11 is 0.